The van der Waals surface area contributed by atoms with E-state index in [1.54, 1.807) is 7.05 Å². The standard InChI is InChI=1S/C7H12ClN3O3S/c1-10-5-9-7(6(10)8)15(13,14)11(2)3-4-12/h5,12H,3-4H2,1-2H3. The summed E-state index contributed by atoms with van der Waals surface area (Å²) in [5.74, 6) is 0. The van der Waals surface area contributed by atoms with E-state index < -0.39 is 10.0 Å². The smallest absolute Gasteiger partial charge is 0.263 e. The molecule has 0 bridgehead atoms. The molecule has 0 saturated carbocycles. The summed E-state index contributed by atoms with van der Waals surface area (Å²) in [4.78, 5) is 3.71. The van der Waals surface area contributed by atoms with Crippen LogP contribution < -0.4 is 0 Å². The first kappa shape index (κ1) is 12.4. The molecule has 1 rings (SSSR count). The van der Waals surface area contributed by atoms with E-state index in [2.05, 4.69) is 4.98 Å². The molecule has 86 valence electrons. The molecule has 0 amide bonds. The number of aromatic nitrogens is 2. The van der Waals surface area contributed by atoms with Crippen LogP contribution in [0.5, 0.6) is 0 Å². The van der Waals surface area contributed by atoms with Gasteiger partial charge >= 0.3 is 0 Å². The molecule has 1 aromatic heterocycles. The SMILES string of the molecule is CN(CCO)S(=O)(=O)c1ncn(C)c1Cl. The normalized spacial score (nSPS) is 12.3. The Morgan fingerprint density at radius 3 is 2.67 bits per heavy atom. The Bertz CT molecular complexity index is 442. The van der Waals surface area contributed by atoms with E-state index in [9.17, 15) is 8.42 Å². The lowest BCUT2D eigenvalue weighted by atomic mass is 10.7. The van der Waals surface area contributed by atoms with Crippen LogP contribution in [0.3, 0.4) is 0 Å². The highest BCUT2D eigenvalue weighted by molar-refractivity contribution is 7.89. The van der Waals surface area contributed by atoms with E-state index in [-0.39, 0.29) is 23.3 Å². The summed E-state index contributed by atoms with van der Waals surface area (Å²) in [6, 6.07) is 0. The van der Waals surface area contributed by atoms with Crippen LogP contribution in [0.4, 0.5) is 0 Å². The molecule has 0 aromatic carbocycles. The molecule has 1 aromatic rings. The summed E-state index contributed by atoms with van der Waals surface area (Å²) in [5.41, 5.74) is 0. The van der Waals surface area contributed by atoms with Crippen molar-refractivity contribution in [2.75, 3.05) is 20.2 Å². The Morgan fingerprint density at radius 1 is 1.67 bits per heavy atom. The Hall–Kier alpha value is -0.630. The van der Waals surface area contributed by atoms with Gasteiger partial charge in [0.2, 0.25) is 5.03 Å². The molecule has 6 nitrogen and oxygen atoms in total. The molecule has 0 spiro atoms. The van der Waals surface area contributed by atoms with Crippen molar-refractivity contribution in [3.63, 3.8) is 0 Å². The molecule has 8 heteroatoms. The maximum Gasteiger partial charge on any atom is 0.263 e. The van der Waals surface area contributed by atoms with Crippen molar-refractivity contribution in [1.29, 1.82) is 0 Å². The summed E-state index contributed by atoms with van der Waals surface area (Å²) in [6.07, 6.45) is 1.32. The third-order valence-electron chi connectivity index (χ3n) is 1.90. The number of nitrogens with zero attached hydrogens (tertiary/aromatic N) is 3. The topological polar surface area (TPSA) is 75.4 Å². The number of aliphatic hydroxyl groups is 1. The lowest BCUT2D eigenvalue weighted by Crippen LogP contribution is -2.30. The maximum absolute atomic E-state index is 11.8. The van der Waals surface area contributed by atoms with E-state index >= 15 is 0 Å². The lowest BCUT2D eigenvalue weighted by molar-refractivity contribution is 0.266. The van der Waals surface area contributed by atoms with E-state index in [1.807, 2.05) is 0 Å². The molecule has 0 aliphatic heterocycles. The second-order valence-electron chi connectivity index (χ2n) is 3.00. The fourth-order valence-corrected chi connectivity index (χ4v) is 2.51. The van der Waals surface area contributed by atoms with Gasteiger partial charge in [-0.05, 0) is 0 Å². The van der Waals surface area contributed by atoms with E-state index in [4.69, 9.17) is 16.7 Å². The minimum atomic E-state index is -3.70. The molecule has 0 radical (unpaired) electrons. The van der Waals surface area contributed by atoms with Crippen molar-refractivity contribution in [2.24, 2.45) is 7.05 Å². The average Bonchev–Trinajstić information content (AvgIpc) is 2.48. The molecule has 1 heterocycles. The number of aryl methyl sites for hydroxylation is 1. The number of aliphatic hydroxyl groups excluding tert-OH is 1. The van der Waals surface area contributed by atoms with Crippen molar-refractivity contribution < 1.29 is 13.5 Å². The number of imidazole rings is 1. The molecule has 0 aliphatic rings. The monoisotopic (exact) mass is 253 g/mol. The van der Waals surface area contributed by atoms with Gasteiger partial charge in [-0.25, -0.2) is 13.4 Å². The van der Waals surface area contributed by atoms with Crippen LogP contribution in [-0.4, -0.2) is 47.6 Å². The van der Waals surface area contributed by atoms with Gasteiger partial charge in [-0.2, -0.15) is 4.31 Å². The molecular formula is C7H12ClN3O3S. The van der Waals surface area contributed by atoms with Crippen molar-refractivity contribution in [3.05, 3.63) is 11.5 Å². The van der Waals surface area contributed by atoms with Crippen LogP contribution in [0.15, 0.2) is 11.4 Å². The fraction of sp³-hybridized carbons (Fsp3) is 0.571. The molecule has 0 aliphatic carbocycles. The van der Waals surface area contributed by atoms with Crippen LogP contribution in [0.1, 0.15) is 0 Å². The minimum Gasteiger partial charge on any atom is -0.395 e. The second kappa shape index (κ2) is 4.48. The molecule has 15 heavy (non-hydrogen) atoms. The second-order valence-corrected chi connectivity index (χ2v) is 5.32. The summed E-state index contributed by atoms with van der Waals surface area (Å²) < 4.78 is 26.0. The highest BCUT2D eigenvalue weighted by Crippen LogP contribution is 2.21. The van der Waals surface area contributed by atoms with Gasteiger partial charge in [-0.1, -0.05) is 11.6 Å². The van der Waals surface area contributed by atoms with Gasteiger partial charge in [-0.3, -0.25) is 0 Å². The van der Waals surface area contributed by atoms with Crippen LogP contribution in [0, 0.1) is 0 Å². The third-order valence-corrected chi connectivity index (χ3v) is 4.25. The van der Waals surface area contributed by atoms with Crippen LogP contribution in [0.25, 0.3) is 0 Å². The highest BCUT2D eigenvalue weighted by Gasteiger charge is 2.26. The number of halogens is 1. The molecule has 0 saturated heterocycles. The zero-order valence-corrected chi connectivity index (χ0v) is 9.96. The quantitative estimate of drug-likeness (QED) is 0.799. The Labute approximate surface area is 93.1 Å². The zero-order chi connectivity index (χ0) is 11.6. The number of hydrogen-bond donors (Lipinski definition) is 1. The van der Waals surface area contributed by atoms with Crippen molar-refractivity contribution >= 4 is 21.6 Å². The van der Waals surface area contributed by atoms with Gasteiger partial charge in [0.05, 0.1) is 12.9 Å². The number of hydrogen-bond acceptors (Lipinski definition) is 4. The first-order valence-corrected chi connectivity index (χ1v) is 5.97. The lowest BCUT2D eigenvalue weighted by Gasteiger charge is -2.13. The van der Waals surface area contributed by atoms with E-state index in [0.717, 1.165) is 4.31 Å². The largest absolute Gasteiger partial charge is 0.395 e. The van der Waals surface area contributed by atoms with Crippen LogP contribution >= 0.6 is 11.6 Å². The summed E-state index contributed by atoms with van der Waals surface area (Å²) in [5, 5.41) is 8.52. The highest BCUT2D eigenvalue weighted by atomic mass is 35.5. The van der Waals surface area contributed by atoms with Crippen molar-refractivity contribution in [1.82, 2.24) is 13.9 Å². The number of rotatable bonds is 4. The summed E-state index contributed by atoms with van der Waals surface area (Å²) in [6.45, 7) is -0.241. The molecule has 0 unspecified atom stereocenters. The van der Waals surface area contributed by atoms with Gasteiger partial charge < -0.3 is 9.67 Å². The van der Waals surface area contributed by atoms with Gasteiger partial charge in [0, 0.05) is 20.6 Å². The van der Waals surface area contributed by atoms with Gasteiger partial charge in [0.25, 0.3) is 10.0 Å². The molecular weight excluding hydrogens is 242 g/mol. The number of likely N-dealkylation sites (N-methyl/N-ethyl adjacent to an activating group) is 1. The maximum atomic E-state index is 11.8. The predicted octanol–water partition coefficient (Wildman–Crippen LogP) is -0.314. The first-order valence-electron chi connectivity index (χ1n) is 4.15. The summed E-state index contributed by atoms with van der Waals surface area (Å²) >= 11 is 5.77. The van der Waals surface area contributed by atoms with Crippen LogP contribution in [-0.2, 0) is 17.1 Å². The van der Waals surface area contributed by atoms with Gasteiger partial charge in [0.15, 0.2) is 0 Å². The Morgan fingerprint density at radius 2 is 2.27 bits per heavy atom. The van der Waals surface area contributed by atoms with Crippen molar-refractivity contribution in [3.8, 4) is 0 Å². The van der Waals surface area contributed by atoms with E-state index in [0.29, 0.717) is 0 Å². The van der Waals surface area contributed by atoms with Gasteiger partial charge in [0.1, 0.15) is 5.15 Å². The minimum absolute atomic E-state index is 0.00916. The number of sulfonamides is 1. The Balaban J connectivity index is 3.12. The first-order chi connectivity index (χ1) is 6.91. The molecule has 0 fully saturated rings. The van der Waals surface area contributed by atoms with Gasteiger partial charge in [-0.15, -0.1) is 0 Å². The Kier molecular flexibility index (Phi) is 3.72. The molecule has 0 atom stereocenters. The third kappa shape index (κ3) is 2.31. The van der Waals surface area contributed by atoms with Crippen molar-refractivity contribution in [2.45, 2.75) is 5.03 Å². The predicted molar refractivity (Wildman–Crippen MR) is 55.1 cm³/mol. The summed E-state index contributed by atoms with van der Waals surface area (Å²) in [7, 11) is -0.746. The fourth-order valence-electron chi connectivity index (χ4n) is 0.976. The van der Waals surface area contributed by atoms with Crippen LogP contribution in [0.2, 0.25) is 5.15 Å². The van der Waals surface area contributed by atoms with E-state index in [1.165, 1.54) is 17.9 Å². The average molecular weight is 254 g/mol. The zero-order valence-electron chi connectivity index (χ0n) is 8.38. The molecule has 1 N–H and O–H groups in total.